The zero-order valence-electron chi connectivity index (χ0n) is 12.6. The summed E-state index contributed by atoms with van der Waals surface area (Å²) < 4.78 is 2.25. The molecule has 1 heterocycles. The maximum Gasteiger partial charge on any atom is 0.0945 e. The van der Waals surface area contributed by atoms with E-state index in [2.05, 4.69) is 22.7 Å². The van der Waals surface area contributed by atoms with Crippen LogP contribution in [0.4, 0.5) is 0 Å². The summed E-state index contributed by atoms with van der Waals surface area (Å²) in [7, 11) is 0. The molecule has 0 aliphatic heterocycles. The first kappa shape index (κ1) is 14.6. The van der Waals surface area contributed by atoms with Crippen LogP contribution in [0.1, 0.15) is 71.1 Å². The van der Waals surface area contributed by atoms with Crippen LogP contribution in [0.5, 0.6) is 0 Å². The minimum atomic E-state index is 0.850. The van der Waals surface area contributed by atoms with Gasteiger partial charge in [-0.15, -0.1) is 0 Å². The molecular formula is C17H30N2. The lowest BCUT2D eigenvalue weighted by atomic mass is 9.84. The zero-order chi connectivity index (χ0) is 13.3. The minimum absolute atomic E-state index is 0.850. The summed E-state index contributed by atoms with van der Waals surface area (Å²) in [5, 5.41) is 0. The molecule has 0 radical (unpaired) electrons. The average Bonchev–Trinajstić information content (AvgIpc) is 2.93. The molecule has 2 heteroatoms. The Labute approximate surface area is 118 Å². The summed E-state index contributed by atoms with van der Waals surface area (Å²) in [6, 6.07) is 0. The number of nitrogens with zero attached hydrogens (tertiary/aromatic N) is 2. The van der Waals surface area contributed by atoms with E-state index in [1.54, 1.807) is 0 Å². The minimum Gasteiger partial charge on any atom is -0.337 e. The Bertz CT molecular complexity index is 312. The first-order valence-corrected chi connectivity index (χ1v) is 8.34. The van der Waals surface area contributed by atoms with Crippen LogP contribution in [0, 0.1) is 11.8 Å². The lowest BCUT2D eigenvalue weighted by Crippen LogP contribution is -2.11. The molecule has 2 nitrogen and oxygen atoms in total. The molecule has 1 atom stereocenters. The van der Waals surface area contributed by atoms with Crippen LogP contribution in [-0.4, -0.2) is 9.55 Å². The van der Waals surface area contributed by atoms with E-state index >= 15 is 0 Å². The standard InChI is InChI=1S/C17H30N2/c1-2-7-17(14-19-13-12-18-15-19)11-6-10-16-8-4-3-5-9-16/h12-13,15-17H,2-11,14H2,1H3. The molecule has 0 N–H and O–H groups in total. The number of hydrogen-bond acceptors (Lipinski definition) is 1. The third kappa shape index (κ3) is 5.38. The molecule has 0 aromatic carbocycles. The van der Waals surface area contributed by atoms with E-state index in [1.165, 1.54) is 70.8 Å². The molecule has 0 saturated heterocycles. The average molecular weight is 262 g/mol. The smallest absolute Gasteiger partial charge is 0.0945 e. The van der Waals surface area contributed by atoms with E-state index in [9.17, 15) is 0 Å². The van der Waals surface area contributed by atoms with E-state index < -0.39 is 0 Å². The van der Waals surface area contributed by atoms with E-state index in [1.807, 2.05) is 12.5 Å². The van der Waals surface area contributed by atoms with Gasteiger partial charge in [0.15, 0.2) is 0 Å². The maximum atomic E-state index is 4.15. The number of imidazole rings is 1. The molecule has 0 spiro atoms. The summed E-state index contributed by atoms with van der Waals surface area (Å²) in [5.41, 5.74) is 0. The molecule has 1 saturated carbocycles. The van der Waals surface area contributed by atoms with Gasteiger partial charge in [0.25, 0.3) is 0 Å². The van der Waals surface area contributed by atoms with Crippen molar-refractivity contribution in [1.29, 1.82) is 0 Å². The highest BCUT2D eigenvalue weighted by Gasteiger charge is 2.14. The van der Waals surface area contributed by atoms with Gasteiger partial charge in [-0.2, -0.15) is 0 Å². The fraction of sp³-hybridized carbons (Fsp3) is 0.824. The van der Waals surface area contributed by atoms with Gasteiger partial charge in [-0.1, -0.05) is 58.3 Å². The summed E-state index contributed by atoms with van der Waals surface area (Å²) in [4.78, 5) is 4.15. The Hall–Kier alpha value is -0.790. The zero-order valence-corrected chi connectivity index (χ0v) is 12.6. The van der Waals surface area contributed by atoms with E-state index in [0.29, 0.717) is 0 Å². The highest BCUT2D eigenvalue weighted by atomic mass is 15.0. The maximum absolute atomic E-state index is 4.15. The molecule has 19 heavy (non-hydrogen) atoms. The van der Waals surface area contributed by atoms with E-state index in [0.717, 1.165) is 11.8 Å². The van der Waals surface area contributed by atoms with Crippen molar-refractivity contribution >= 4 is 0 Å². The second-order valence-electron chi connectivity index (χ2n) is 6.35. The summed E-state index contributed by atoms with van der Waals surface area (Å²) in [5.74, 6) is 1.90. The Morgan fingerprint density at radius 3 is 2.74 bits per heavy atom. The van der Waals surface area contributed by atoms with Gasteiger partial charge in [0.1, 0.15) is 0 Å². The fourth-order valence-electron chi connectivity index (χ4n) is 3.60. The molecule has 2 rings (SSSR count). The predicted molar refractivity (Wildman–Crippen MR) is 81.1 cm³/mol. The van der Waals surface area contributed by atoms with Gasteiger partial charge < -0.3 is 4.57 Å². The Morgan fingerprint density at radius 2 is 2.05 bits per heavy atom. The van der Waals surface area contributed by atoms with Crippen LogP contribution in [0.2, 0.25) is 0 Å². The monoisotopic (exact) mass is 262 g/mol. The van der Waals surface area contributed by atoms with Crippen LogP contribution in [0.15, 0.2) is 18.7 Å². The van der Waals surface area contributed by atoms with Crippen molar-refractivity contribution < 1.29 is 0 Å². The quantitative estimate of drug-likeness (QED) is 0.641. The van der Waals surface area contributed by atoms with Gasteiger partial charge in [-0.05, 0) is 24.7 Å². The lowest BCUT2D eigenvalue weighted by molar-refractivity contribution is 0.304. The van der Waals surface area contributed by atoms with Crippen LogP contribution in [0.3, 0.4) is 0 Å². The lowest BCUT2D eigenvalue weighted by Gasteiger charge is -2.23. The van der Waals surface area contributed by atoms with Crippen molar-refractivity contribution in [2.24, 2.45) is 11.8 Å². The largest absolute Gasteiger partial charge is 0.337 e. The second kappa shape index (κ2) is 8.39. The number of aromatic nitrogens is 2. The molecule has 0 amide bonds. The third-order valence-electron chi connectivity index (χ3n) is 4.67. The summed E-state index contributed by atoms with van der Waals surface area (Å²) in [6.45, 7) is 3.47. The molecule has 1 unspecified atom stereocenters. The van der Waals surface area contributed by atoms with Crippen molar-refractivity contribution in [3.05, 3.63) is 18.7 Å². The summed E-state index contributed by atoms with van der Waals surface area (Å²) in [6.07, 6.45) is 20.4. The normalized spacial score (nSPS) is 18.6. The van der Waals surface area contributed by atoms with Gasteiger partial charge in [-0.3, -0.25) is 0 Å². The third-order valence-corrected chi connectivity index (χ3v) is 4.67. The Morgan fingerprint density at radius 1 is 1.21 bits per heavy atom. The molecule has 1 fully saturated rings. The first-order valence-electron chi connectivity index (χ1n) is 8.34. The summed E-state index contributed by atoms with van der Waals surface area (Å²) >= 11 is 0. The Balaban J connectivity index is 1.67. The Kier molecular flexibility index (Phi) is 6.46. The van der Waals surface area contributed by atoms with Crippen molar-refractivity contribution in [2.75, 3.05) is 0 Å². The van der Waals surface area contributed by atoms with Crippen LogP contribution in [0.25, 0.3) is 0 Å². The van der Waals surface area contributed by atoms with E-state index in [4.69, 9.17) is 0 Å². The van der Waals surface area contributed by atoms with Crippen LogP contribution in [-0.2, 0) is 6.54 Å². The molecular weight excluding hydrogens is 232 g/mol. The number of rotatable bonds is 8. The van der Waals surface area contributed by atoms with Gasteiger partial charge >= 0.3 is 0 Å². The molecule has 108 valence electrons. The second-order valence-corrected chi connectivity index (χ2v) is 6.35. The van der Waals surface area contributed by atoms with Crippen LogP contribution >= 0.6 is 0 Å². The molecule has 0 bridgehead atoms. The fourth-order valence-corrected chi connectivity index (χ4v) is 3.60. The van der Waals surface area contributed by atoms with E-state index in [-0.39, 0.29) is 0 Å². The van der Waals surface area contributed by atoms with Gasteiger partial charge in [-0.25, -0.2) is 4.98 Å². The van der Waals surface area contributed by atoms with Gasteiger partial charge in [0.2, 0.25) is 0 Å². The number of hydrogen-bond donors (Lipinski definition) is 0. The van der Waals surface area contributed by atoms with Crippen molar-refractivity contribution in [1.82, 2.24) is 9.55 Å². The molecule has 1 aliphatic carbocycles. The predicted octanol–water partition coefficient (Wildman–Crippen LogP) is 5.05. The van der Waals surface area contributed by atoms with Crippen molar-refractivity contribution in [3.8, 4) is 0 Å². The van der Waals surface area contributed by atoms with Gasteiger partial charge in [0.05, 0.1) is 6.33 Å². The molecule has 1 aromatic heterocycles. The van der Waals surface area contributed by atoms with Crippen LogP contribution < -0.4 is 0 Å². The molecule has 1 aliphatic rings. The van der Waals surface area contributed by atoms with Gasteiger partial charge in [0, 0.05) is 18.9 Å². The highest BCUT2D eigenvalue weighted by Crippen LogP contribution is 2.29. The van der Waals surface area contributed by atoms with Crippen molar-refractivity contribution in [3.63, 3.8) is 0 Å². The van der Waals surface area contributed by atoms with Crippen molar-refractivity contribution in [2.45, 2.75) is 77.7 Å². The molecule has 1 aromatic rings. The first-order chi connectivity index (χ1) is 9.38. The SMILES string of the molecule is CCCC(CCCC1CCCCC1)Cn1ccnc1. The highest BCUT2D eigenvalue weighted by molar-refractivity contribution is 4.76. The topological polar surface area (TPSA) is 17.8 Å².